The lowest BCUT2D eigenvalue weighted by atomic mass is 10.2. The molecule has 1 aromatic rings. The van der Waals surface area contributed by atoms with Crippen LogP contribution in [0.25, 0.3) is 0 Å². The van der Waals surface area contributed by atoms with E-state index in [1.54, 1.807) is 32.2 Å². The third-order valence-corrected chi connectivity index (χ3v) is 2.62. The van der Waals surface area contributed by atoms with Crippen molar-refractivity contribution < 1.29 is 9.53 Å². The lowest BCUT2D eigenvalue weighted by Gasteiger charge is -2.12. The number of nitrogens with one attached hydrogen (secondary N) is 1. The van der Waals surface area contributed by atoms with Crippen LogP contribution in [0.1, 0.15) is 18.9 Å². The molecule has 4 nitrogen and oxygen atoms in total. The van der Waals surface area contributed by atoms with Crippen LogP contribution in [0.2, 0.25) is 5.02 Å². The molecule has 0 radical (unpaired) electrons. The van der Waals surface area contributed by atoms with Crippen LogP contribution in [-0.2, 0) is 11.3 Å². The second-order valence-electron chi connectivity index (χ2n) is 3.88. The minimum absolute atomic E-state index is 0. The molecular formula is C12H18Cl2N2O2. The minimum Gasteiger partial charge on any atom is -0.496 e. The predicted octanol–water partition coefficient (Wildman–Crippen LogP) is 2.12. The van der Waals surface area contributed by atoms with E-state index in [4.69, 9.17) is 22.1 Å². The quantitative estimate of drug-likeness (QED) is 0.874. The fraction of sp³-hybridized carbons (Fsp3) is 0.417. The van der Waals surface area contributed by atoms with Crippen molar-refractivity contribution >= 4 is 29.9 Å². The van der Waals surface area contributed by atoms with E-state index in [9.17, 15) is 4.79 Å². The number of benzene rings is 1. The van der Waals surface area contributed by atoms with Gasteiger partial charge >= 0.3 is 0 Å². The van der Waals surface area contributed by atoms with Gasteiger partial charge in [0.25, 0.3) is 0 Å². The Morgan fingerprint density at radius 2 is 2.22 bits per heavy atom. The van der Waals surface area contributed by atoms with Gasteiger partial charge in [0.2, 0.25) is 5.91 Å². The third kappa shape index (κ3) is 5.12. The summed E-state index contributed by atoms with van der Waals surface area (Å²) in [5.74, 6) is 0.570. The summed E-state index contributed by atoms with van der Waals surface area (Å²) in [7, 11) is 1.57. The highest BCUT2D eigenvalue weighted by molar-refractivity contribution is 6.31. The molecule has 102 valence electrons. The zero-order chi connectivity index (χ0) is 12.8. The van der Waals surface area contributed by atoms with E-state index < -0.39 is 0 Å². The zero-order valence-electron chi connectivity index (χ0n) is 10.4. The number of amides is 1. The van der Waals surface area contributed by atoms with E-state index in [0.717, 1.165) is 5.56 Å². The zero-order valence-corrected chi connectivity index (χ0v) is 12.0. The largest absolute Gasteiger partial charge is 0.496 e. The fourth-order valence-corrected chi connectivity index (χ4v) is 1.69. The molecule has 1 unspecified atom stereocenters. The number of methoxy groups -OCH3 is 1. The molecule has 0 saturated heterocycles. The Kier molecular flexibility index (Phi) is 7.75. The molecule has 6 heteroatoms. The van der Waals surface area contributed by atoms with Crippen LogP contribution in [-0.4, -0.2) is 19.1 Å². The van der Waals surface area contributed by atoms with Crippen molar-refractivity contribution in [3.8, 4) is 5.75 Å². The van der Waals surface area contributed by atoms with Gasteiger partial charge in [0.15, 0.2) is 0 Å². The minimum atomic E-state index is -0.150. The summed E-state index contributed by atoms with van der Waals surface area (Å²) in [6, 6.07) is 5.22. The second-order valence-corrected chi connectivity index (χ2v) is 4.29. The molecule has 0 heterocycles. The molecule has 1 amide bonds. The number of carbonyl (C=O) groups is 1. The highest BCUT2D eigenvalue weighted by atomic mass is 35.5. The summed E-state index contributed by atoms with van der Waals surface area (Å²) in [5.41, 5.74) is 6.31. The third-order valence-electron chi connectivity index (χ3n) is 2.27. The van der Waals surface area contributed by atoms with Gasteiger partial charge in [-0.2, -0.15) is 0 Å². The topological polar surface area (TPSA) is 64.3 Å². The van der Waals surface area contributed by atoms with Crippen molar-refractivity contribution in [2.75, 3.05) is 7.11 Å². The average molecular weight is 293 g/mol. The average Bonchev–Trinajstić information content (AvgIpc) is 2.26. The summed E-state index contributed by atoms with van der Waals surface area (Å²) >= 11 is 6.04. The first kappa shape index (κ1) is 17.0. The molecule has 0 aliphatic heterocycles. The van der Waals surface area contributed by atoms with Crippen molar-refractivity contribution in [2.45, 2.75) is 25.9 Å². The Labute approximate surface area is 118 Å². The molecule has 0 saturated carbocycles. The lowest BCUT2D eigenvalue weighted by Crippen LogP contribution is -2.29. The summed E-state index contributed by atoms with van der Waals surface area (Å²) in [5, 5.41) is 3.34. The smallest absolute Gasteiger partial charge is 0.221 e. The van der Waals surface area contributed by atoms with Crippen LogP contribution in [0.15, 0.2) is 18.2 Å². The van der Waals surface area contributed by atoms with Gasteiger partial charge in [-0.05, 0) is 19.1 Å². The van der Waals surface area contributed by atoms with Gasteiger partial charge in [0, 0.05) is 29.6 Å². The van der Waals surface area contributed by atoms with Crippen molar-refractivity contribution in [3.05, 3.63) is 28.8 Å². The number of hydrogen-bond donors (Lipinski definition) is 2. The van der Waals surface area contributed by atoms with E-state index in [1.165, 1.54) is 0 Å². The summed E-state index contributed by atoms with van der Waals surface area (Å²) in [6.07, 6.45) is 0.298. The van der Waals surface area contributed by atoms with Crippen LogP contribution < -0.4 is 15.8 Å². The molecule has 1 rings (SSSR count). The number of carbonyl (C=O) groups excluding carboxylic acids is 1. The van der Waals surface area contributed by atoms with Crippen LogP contribution in [0.5, 0.6) is 5.75 Å². The van der Waals surface area contributed by atoms with Crippen LogP contribution in [0.3, 0.4) is 0 Å². The van der Waals surface area contributed by atoms with Crippen molar-refractivity contribution in [1.29, 1.82) is 0 Å². The SMILES string of the molecule is COc1cccc(Cl)c1CNC(=O)CC(C)N.Cl. The Morgan fingerprint density at radius 3 is 2.78 bits per heavy atom. The molecule has 0 aromatic heterocycles. The molecule has 0 aliphatic carbocycles. The van der Waals surface area contributed by atoms with Crippen molar-refractivity contribution in [3.63, 3.8) is 0 Å². The Balaban J connectivity index is 0.00000289. The highest BCUT2D eigenvalue weighted by Crippen LogP contribution is 2.25. The maximum Gasteiger partial charge on any atom is 0.221 e. The Morgan fingerprint density at radius 1 is 1.56 bits per heavy atom. The van der Waals surface area contributed by atoms with Gasteiger partial charge in [-0.3, -0.25) is 4.79 Å². The van der Waals surface area contributed by atoms with Gasteiger partial charge in [-0.15, -0.1) is 12.4 Å². The monoisotopic (exact) mass is 292 g/mol. The summed E-state index contributed by atoms with van der Waals surface area (Å²) < 4.78 is 5.18. The second kappa shape index (κ2) is 8.19. The molecule has 0 fully saturated rings. The number of hydrogen-bond acceptors (Lipinski definition) is 3. The van der Waals surface area contributed by atoms with Crippen LogP contribution in [0.4, 0.5) is 0 Å². The number of nitrogens with two attached hydrogens (primary N) is 1. The first-order valence-corrected chi connectivity index (χ1v) is 5.76. The van der Waals surface area contributed by atoms with Crippen molar-refractivity contribution in [2.24, 2.45) is 5.73 Å². The molecule has 1 atom stereocenters. The van der Waals surface area contributed by atoms with E-state index in [-0.39, 0.29) is 24.4 Å². The number of halogens is 2. The van der Waals surface area contributed by atoms with E-state index in [0.29, 0.717) is 23.7 Å². The fourth-order valence-electron chi connectivity index (χ4n) is 1.45. The lowest BCUT2D eigenvalue weighted by molar-refractivity contribution is -0.121. The molecule has 3 N–H and O–H groups in total. The maximum absolute atomic E-state index is 11.5. The van der Waals surface area contributed by atoms with Gasteiger partial charge in [-0.1, -0.05) is 17.7 Å². The van der Waals surface area contributed by atoms with Gasteiger partial charge < -0.3 is 15.8 Å². The highest BCUT2D eigenvalue weighted by Gasteiger charge is 2.10. The summed E-state index contributed by atoms with van der Waals surface area (Å²) in [4.78, 5) is 11.5. The molecule has 0 bridgehead atoms. The summed E-state index contributed by atoms with van der Waals surface area (Å²) in [6.45, 7) is 2.13. The Hall–Kier alpha value is -0.970. The first-order chi connectivity index (χ1) is 8.04. The maximum atomic E-state index is 11.5. The number of rotatable bonds is 5. The van der Waals surface area contributed by atoms with Gasteiger partial charge in [-0.25, -0.2) is 0 Å². The molecular weight excluding hydrogens is 275 g/mol. The normalized spacial score (nSPS) is 11.3. The van der Waals surface area contributed by atoms with Crippen molar-refractivity contribution in [1.82, 2.24) is 5.32 Å². The molecule has 1 aromatic carbocycles. The molecule has 18 heavy (non-hydrogen) atoms. The number of ether oxygens (including phenoxy) is 1. The first-order valence-electron chi connectivity index (χ1n) is 5.38. The van der Waals surface area contributed by atoms with Gasteiger partial charge in [0.1, 0.15) is 5.75 Å². The van der Waals surface area contributed by atoms with E-state index in [1.807, 2.05) is 0 Å². The predicted molar refractivity (Wildman–Crippen MR) is 75.4 cm³/mol. The molecule has 0 spiro atoms. The van der Waals surface area contributed by atoms with E-state index in [2.05, 4.69) is 5.32 Å². The van der Waals surface area contributed by atoms with E-state index >= 15 is 0 Å². The van der Waals surface area contributed by atoms with Crippen LogP contribution >= 0.6 is 24.0 Å². The van der Waals surface area contributed by atoms with Crippen LogP contribution in [0, 0.1) is 0 Å². The van der Waals surface area contributed by atoms with Gasteiger partial charge in [0.05, 0.1) is 7.11 Å². The Bertz CT molecular complexity index is 398. The standard InChI is InChI=1S/C12H17ClN2O2.ClH/c1-8(14)6-12(16)15-7-9-10(13)4-3-5-11(9)17-2;/h3-5,8H,6-7,14H2,1-2H3,(H,15,16);1H. The molecule has 0 aliphatic rings.